The third-order valence-corrected chi connectivity index (χ3v) is 12.1. The second-order valence-electron chi connectivity index (χ2n) is 14.5. The molecule has 0 amide bonds. The quantitative estimate of drug-likeness (QED) is 0.182. The summed E-state index contributed by atoms with van der Waals surface area (Å²) in [6, 6.07) is 55.0. The monoisotopic (exact) mass is 712 g/mol. The molecule has 0 saturated heterocycles. The summed E-state index contributed by atoms with van der Waals surface area (Å²) in [4.78, 5) is 10.4. The Balaban J connectivity index is 1.05. The van der Waals surface area contributed by atoms with Crippen LogP contribution in [-0.4, -0.2) is 9.97 Å². The van der Waals surface area contributed by atoms with Gasteiger partial charge in [0, 0.05) is 53.4 Å². The Kier molecular flexibility index (Phi) is 6.73. The van der Waals surface area contributed by atoms with E-state index in [0.717, 1.165) is 50.5 Å². The van der Waals surface area contributed by atoms with Gasteiger partial charge in [0.05, 0.1) is 11.4 Å². The van der Waals surface area contributed by atoms with Gasteiger partial charge in [-0.05, 0) is 52.6 Å². The maximum Gasteiger partial charge on any atom is 0.178 e. The lowest BCUT2D eigenvalue weighted by molar-refractivity contribution is 0.361. The lowest BCUT2D eigenvalue weighted by atomic mass is 9.82. The first-order chi connectivity index (χ1) is 26.5. The normalized spacial score (nSPS) is 13.4. The van der Waals surface area contributed by atoms with Crippen LogP contribution in [-0.2, 0) is 5.41 Å². The fourth-order valence-electron chi connectivity index (χ4n) is 8.33. The number of rotatable bonds is 4. The molecule has 0 radical (unpaired) electrons. The van der Waals surface area contributed by atoms with E-state index in [-0.39, 0.29) is 5.41 Å². The molecule has 0 N–H and O–H groups in total. The van der Waals surface area contributed by atoms with Crippen molar-refractivity contribution in [2.45, 2.75) is 19.3 Å². The highest BCUT2D eigenvalue weighted by molar-refractivity contribution is 7.25. The minimum absolute atomic E-state index is 0.135. The van der Waals surface area contributed by atoms with Gasteiger partial charge in [-0.2, -0.15) is 0 Å². The van der Waals surface area contributed by atoms with Gasteiger partial charge in [0.25, 0.3) is 0 Å². The molecule has 1 aliphatic heterocycles. The van der Waals surface area contributed by atoms with Crippen LogP contribution < -0.4 is 9.47 Å². The number of para-hydroxylation sites is 1. The highest BCUT2D eigenvalue weighted by atomic mass is 32.1. The zero-order valence-electron chi connectivity index (χ0n) is 29.6. The number of hydrogen-bond acceptors (Lipinski definition) is 5. The Labute approximate surface area is 317 Å². The number of ether oxygens (including phenoxy) is 2. The first-order valence-electron chi connectivity index (χ1n) is 18.2. The second kappa shape index (κ2) is 11.7. The van der Waals surface area contributed by atoms with Crippen molar-refractivity contribution < 1.29 is 9.47 Å². The molecule has 256 valence electrons. The average molecular weight is 713 g/mol. The summed E-state index contributed by atoms with van der Waals surface area (Å²) < 4.78 is 16.2. The minimum atomic E-state index is -0.135. The maximum atomic E-state index is 6.86. The van der Waals surface area contributed by atoms with E-state index in [4.69, 9.17) is 19.4 Å². The van der Waals surface area contributed by atoms with Crippen molar-refractivity contribution in [3.05, 3.63) is 169 Å². The standard InChI is InChI=1S/C49H32N2O2S/c1-49(2)37-20-10-8-18-36(37)45-38(49)25-26-42-47(45)53-41-21-12-19-35(46(41)52-42)31-15-6-7-16-32(31)40-28-39(50-48(51-40)29-13-4-3-5-14-29)30-23-24-34-33-17-9-11-22-43(33)54-44(34)27-30/h3-28H,1-2H3. The Bertz CT molecular complexity index is 2980. The zero-order chi connectivity index (χ0) is 36.0. The SMILES string of the molecule is CC1(C)c2ccccc2-c2c1ccc1c2Oc2cccc(-c3ccccc3-c3cc(-c4ccc5c(c4)sc4ccccc45)nc(-c4ccccc4)n3)c2O1. The van der Waals surface area contributed by atoms with Gasteiger partial charge in [0.15, 0.2) is 28.8 Å². The van der Waals surface area contributed by atoms with E-state index < -0.39 is 0 Å². The van der Waals surface area contributed by atoms with Gasteiger partial charge >= 0.3 is 0 Å². The zero-order valence-corrected chi connectivity index (χ0v) is 30.4. The van der Waals surface area contributed by atoms with Gasteiger partial charge in [-0.1, -0.05) is 141 Å². The van der Waals surface area contributed by atoms with Crippen LogP contribution in [0.25, 0.3) is 76.3 Å². The molecule has 9 aromatic rings. The first-order valence-corrected chi connectivity index (χ1v) is 19.0. The fourth-order valence-corrected chi connectivity index (χ4v) is 9.48. The first kappa shape index (κ1) is 31.0. The molecule has 11 rings (SSSR count). The number of nitrogens with zero attached hydrogens (tertiary/aromatic N) is 2. The number of aromatic nitrogens is 2. The summed E-state index contributed by atoms with van der Waals surface area (Å²) in [7, 11) is 0. The molecule has 7 aromatic carbocycles. The number of hydrogen-bond donors (Lipinski definition) is 0. The molecular formula is C49H32N2O2S. The highest BCUT2D eigenvalue weighted by Crippen LogP contribution is 2.59. The van der Waals surface area contributed by atoms with E-state index in [9.17, 15) is 0 Å². The lowest BCUT2D eigenvalue weighted by Crippen LogP contribution is -2.15. The van der Waals surface area contributed by atoms with Gasteiger partial charge in [-0.15, -0.1) is 11.3 Å². The van der Waals surface area contributed by atoms with Crippen LogP contribution in [0.5, 0.6) is 23.0 Å². The van der Waals surface area contributed by atoms with Crippen molar-refractivity contribution in [2.24, 2.45) is 0 Å². The van der Waals surface area contributed by atoms with Crippen LogP contribution in [0.3, 0.4) is 0 Å². The summed E-state index contributed by atoms with van der Waals surface area (Å²) in [5.41, 5.74) is 11.3. The van der Waals surface area contributed by atoms with E-state index in [1.54, 1.807) is 0 Å². The van der Waals surface area contributed by atoms with E-state index in [1.165, 1.54) is 36.9 Å². The van der Waals surface area contributed by atoms with Gasteiger partial charge < -0.3 is 9.47 Å². The summed E-state index contributed by atoms with van der Waals surface area (Å²) in [5.74, 6) is 3.54. The summed E-state index contributed by atoms with van der Waals surface area (Å²) in [6.07, 6.45) is 0. The van der Waals surface area contributed by atoms with E-state index in [2.05, 4.69) is 141 Å². The van der Waals surface area contributed by atoms with Crippen LogP contribution in [0.2, 0.25) is 0 Å². The molecule has 0 spiro atoms. The molecule has 1 aliphatic carbocycles. The molecule has 2 aromatic heterocycles. The van der Waals surface area contributed by atoms with Crippen molar-refractivity contribution in [1.29, 1.82) is 0 Å². The predicted molar refractivity (Wildman–Crippen MR) is 221 cm³/mol. The molecule has 4 nitrogen and oxygen atoms in total. The van der Waals surface area contributed by atoms with Crippen LogP contribution >= 0.6 is 11.3 Å². The second-order valence-corrected chi connectivity index (χ2v) is 15.6. The third-order valence-electron chi connectivity index (χ3n) is 11.0. The Morgan fingerprint density at radius 1 is 0.463 bits per heavy atom. The molecule has 3 heterocycles. The van der Waals surface area contributed by atoms with Crippen molar-refractivity contribution in [2.75, 3.05) is 0 Å². The molecule has 0 unspecified atom stereocenters. The van der Waals surface area contributed by atoms with Crippen molar-refractivity contribution in [3.63, 3.8) is 0 Å². The van der Waals surface area contributed by atoms with E-state index in [0.29, 0.717) is 23.1 Å². The summed E-state index contributed by atoms with van der Waals surface area (Å²) >= 11 is 1.81. The van der Waals surface area contributed by atoms with Crippen LogP contribution in [0.15, 0.2) is 158 Å². The Morgan fingerprint density at radius 2 is 1.15 bits per heavy atom. The minimum Gasteiger partial charge on any atom is -0.449 e. The maximum absolute atomic E-state index is 6.86. The number of benzene rings is 7. The molecule has 0 bridgehead atoms. The molecule has 0 atom stereocenters. The van der Waals surface area contributed by atoms with Crippen molar-refractivity contribution >= 4 is 31.5 Å². The predicted octanol–water partition coefficient (Wildman–Crippen LogP) is 13.7. The molecule has 5 heteroatoms. The lowest BCUT2D eigenvalue weighted by Gasteiger charge is -2.26. The van der Waals surface area contributed by atoms with E-state index in [1.807, 2.05) is 41.7 Å². The Hall–Kier alpha value is -6.56. The van der Waals surface area contributed by atoms with Crippen molar-refractivity contribution in [3.8, 4) is 79.2 Å². The van der Waals surface area contributed by atoms with Crippen LogP contribution in [0.4, 0.5) is 0 Å². The topological polar surface area (TPSA) is 44.2 Å². The highest BCUT2D eigenvalue weighted by Gasteiger charge is 2.39. The largest absolute Gasteiger partial charge is 0.449 e. The molecule has 0 saturated carbocycles. The average Bonchev–Trinajstić information content (AvgIpc) is 3.71. The Morgan fingerprint density at radius 3 is 2.04 bits per heavy atom. The van der Waals surface area contributed by atoms with Crippen LogP contribution in [0.1, 0.15) is 25.0 Å². The van der Waals surface area contributed by atoms with Crippen molar-refractivity contribution in [1.82, 2.24) is 9.97 Å². The molecule has 0 fully saturated rings. The van der Waals surface area contributed by atoms with Gasteiger partial charge in [-0.3, -0.25) is 0 Å². The summed E-state index contributed by atoms with van der Waals surface area (Å²) in [6.45, 7) is 4.56. The fraction of sp³-hybridized carbons (Fsp3) is 0.0612. The number of thiophene rings is 1. The molecule has 54 heavy (non-hydrogen) atoms. The van der Waals surface area contributed by atoms with Gasteiger partial charge in [0.2, 0.25) is 0 Å². The van der Waals surface area contributed by atoms with E-state index >= 15 is 0 Å². The molecule has 2 aliphatic rings. The number of fused-ring (bicyclic) bond motifs is 9. The third kappa shape index (κ3) is 4.68. The van der Waals surface area contributed by atoms with Crippen LogP contribution in [0, 0.1) is 0 Å². The van der Waals surface area contributed by atoms with Gasteiger partial charge in [-0.25, -0.2) is 9.97 Å². The smallest absolute Gasteiger partial charge is 0.178 e. The summed E-state index contributed by atoms with van der Waals surface area (Å²) in [5, 5.41) is 2.54. The molecular weight excluding hydrogens is 681 g/mol. The van der Waals surface area contributed by atoms with Gasteiger partial charge in [0.1, 0.15) is 0 Å².